The molecule has 1 fully saturated rings. The zero-order chi connectivity index (χ0) is 48.7. The van der Waals surface area contributed by atoms with E-state index >= 15 is 0 Å². The molecule has 9 nitrogen and oxygen atoms in total. The Morgan fingerprint density at radius 2 is 0.925 bits per heavy atom. The van der Waals surface area contributed by atoms with E-state index in [1.165, 1.54) is 141 Å². The van der Waals surface area contributed by atoms with Gasteiger partial charge in [0.1, 0.15) is 24.4 Å². The molecule has 388 valence electrons. The van der Waals surface area contributed by atoms with E-state index < -0.39 is 49.5 Å². The molecule has 0 spiro atoms. The number of hydrogen-bond acceptors (Lipinski definition) is 8. The SMILES string of the molecule is CC/C=C\C/C=C\C/C=C\C/C=C\C/C=C\CCCCCCCCCCCCCCCC(=O)NC(COC1OC(CO)C(O)C(O)C1O)C(O)/C=C/CCCCCCCCCCCCCCC. The minimum atomic E-state index is -1.57. The highest BCUT2D eigenvalue weighted by atomic mass is 16.7. The van der Waals surface area contributed by atoms with Gasteiger partial charge in [0, 0.05) is 6.42 Å². The van der Waals surface area contributed by atoms with Crippen LogP contribution in [0.3, 0.4) is 0 Å². The van der Waals surface area contributed by atoms with Crippen molar-refractivity contribution in [3.63, 3.8) is 0 Å². The van der Waals surface area contributed by atoms with E-state index in [2.05, 4.69) is 79.9 Å². The van der Waals surface area contributed by atoms with Gasteiger partial charge in [0.05, 0.1) is 25.4 Å². The lowest BCUT2D eigenvalue weighted by Gasteiger charge is -2.40. The number of nitrogens with one attached hydrogen (secondary N) is 1. The van der Waals surface area contributed by atoms with Gasteiger partial charge in [-0.1, -0.05) is 234 Å². The van der Waals surface area contributed by atoms with Gasteiger partial charge in [-0.05, 0) is 64.2 Å². The van der Waals surface area contributed by atoms with Crippen molar-refractivity contribution in [2.75, 3.05) is 13.2 Å². The lowest BCUT2D eigenvalue weighted by molar-refractivity contribution is -0.302. The first-order valence-electron chi connectivity index (χ1n) is 27.7. The second-order valence-corrected chi connectivity index (χ2v) is 19.0. The molecule has 0 aromatic heterocycles. The van der Waals surface area contributed by atoms with Crippen molar-refractivity contribution in [3.05, 3.63) is 72.9 Å². The number of allylic oxidation sites excluding steroid dienone is 11. The summed E-state index contributed by atoms with van der Waals surface area (Å²) in [6, 6.07) is -0.808. The van der Waals surface area contributed by atoms with Crippen LogP contribution < -0.4 is 5.32 Å². The number of aliphatic hydroxyl groups is 5. The molecule has 1 heterocycles. The Hall–Kier alpha value is -2.37. The number of carbonyl (C=O) groups is 1. The van der Waals surface area contributed by atoms with Gasteiger partial charge in [-0.3, -0.25) is 4.79 Å². The molecule has 67 heavy (non-hydrogen) atoms. The largest absolute Gasteiger partial charge is 0.394 e. The smallest absolute Gasteiger partial charge is 0.220 e. The minimum absolute atomic E-state index is 0.180. The molecule has 1 saturated heterocycles. The van der Waals surface area contributed by atoms with Crippen LogP contribution in [0.15, 0.2) is 72.9 Å². The Morgan fingerprint density at radius 1 is 0.522 bits per heavy atom. The maximum atomic E-state index is 13.0. The maximum absolute atomic E-state index is 13.0. The summed E-state index contributed by atoms with van der Waals surface area (Å²) in [5, 5.41) is 54.4. The average molecular weight is 942 g/mol. The van der Waals surface area contributed by atoms with E-state index in [0.29, 0.717) is 6.42 Å². The van der Waals surface area contributed by atoms with Gasteiger partial charge in [0.15, 0.2) is 6.29 Å². The normalized spacial score (nSPS) is 20.3. The monoisotopic (exact) mass is 942 g/mol. The molecule has 7 atom stereocenters. The van der Waals surface area contributed by atoms with Gasteiger partial charge in [0.25, 0.3) is 0 Å². The average Bonchev–Trinajstić information content (AvgIpc) is 3.33. The first-order valence-corrected chi connectivity index (χ1v) is 27.7. The summed E-state index contributed by atoms with van der Waals surface area (Å²) in [4.78, 5) is 13.0. The fourth-order valence-electron chi connectivity index (χ4n) is 8.42. The van der Waals surface area contributed by atoms with Gasteiger partial charge in [-0.15, -0.1) is 0 Å². The highest BCUT2D eigenvalue weighted by molar-refractivity contribution is 5.76. The summed E-state index contributed by atoms with van der Waals surface area (Å²) in [5.41, 5.74) is 0. The Balaban J connectivity index is 2.21. The van der Waals surface area contributed by atoms with Crippen LogP contribution >= 0.6 is 0 Å². The number of rotatable bonds is 46. The fourth-order valence-corrected chi connectivity index (χ4v) is 8.42. The minimum Gasteiger partial charge on any atom is -0.394 e. The van der Waals surface area contributed by atoms with Gasteiger partial charge in [-0.2, -0.15) is 0 Å². The number of unbranched alkanes of at least 4 members (excludes halogenated alkanes) is 26. The zero-order valence-electron chi connectivity index (χ0n) is 42.9. The van der Waals surface area contributed by atoms with E-state index in [9.17, 15) is 30.3 Å². The number of amides is 1. The summed E-state index contributed by atoms with van der Waals surface area (Å²) < 4.78 is 11.3. The molecule has 1 rings (SSSR count). The lowest BCUT2D eigenvalue weighted by atomic mass is 9.99. The molecule has 0 bridgehead atoms. The predicted molar refractivity (Wildman–Crippen MR) is 281 cm³/mol. The molecule has 0 aliphatic carbocycles. The third kappa shape index (κ3) is 37.2. The molecular weight excluding hydrogens is 839 g/mol. The Labute approximate surface area is 410 Å². The van der Waals surface area contributed by atoms with Crippen LogP contribution in [0.1, 0.15) is 232 Å². The molecule has 6 N–H and O–H groups in total. The molecule has 0 saturated carbocycles. The van der Waals surface area contributed by atoms with E-state index in [4.69, 9.17) is 9.47 Å². The second kappa shape index (κ2) is 47.3. The van der Waals surface area contributed by atoms with Crippen LogP contribution in [0.5, 0.6) is 0 Å². The van der Waals surface area contributed by atoms with Crippen molar-refractivity contribution in [3.8, 4) is 0 Å². The quantitative estimate of drug-likeness (QED) is 0.0261. The van der Waals surface area contributed by atoms with Crippen molar-refractivity contribution in [2.24, 2.45) is 0 Å². The molecule has 1 amide bonds. The summed E-state index contributed by atoms with van der Waals surface area (Å²) in [6.45, 7) is 3.67. The standard InChI is InChI=1S/C58H103NO8/c1-3-5-7-9-11-13-15-17-19-20-21-22-23-24-25-26-27-28-29-30-31-32-34-36-38-40-42-44-46-48-54(62)59-51(50-66-58-57(65)56(64)55(63)53(49-60)67-58)52(61)47-45-43-41-39-37-35-33-18-16-14-12-10-8-6-4-2/h5,7,11,13,17,19,21-22,24-25,45,47,51-53,55-58,60-61,63-65H,3-4,6,8-10,12,14-16,18,20,23,26-44,46,48-50H2,1-2H3,(H,59,62)/b7-5-,13-11-,19-17-,22-21-,25-24-,47-45+. The first kappa shape index (κ1) is 62.6. The van der Waals surface area contributed by atoms with Crippen molar-refractivity contribution >= 4 is 5.91 Å². The molecule has 1 aliphatic rings. The lowest BCUT2D eigenvalue weighted by Crippen LogP contribution is -2.60. The second-order valence-electron chi connectivity index (χ2n) is 19.0. The van der Waals surface area contributed by atoms with E-state index in [0.717, 1.165) is 70.6 Å². The van der Waals surface area contributed by atoms with Crippen LogP contribution in [0.2, 0.25) is 0 Å². The first-order chi connectivity index (χ1) is 32.8. The number of hydrogen-bond donors (Lipinski definition) is 6. The maximum Gasteiger partial charge on any atom is 0.220 e. The molecule has 1 aliphatic heterocycles. The number of ether oxygens (including phenoxy) is 2. The van der Waals surface area contributed by atoms with Crippen LogP contribution in [0, 0.1) is 0 Å². The number of carbonyl (C=O) groups excluding carboxylic acids is 1. The third-order valence-corrected chi connectivity index (χ3v) is 12.8. The Morgan fingerprint density at radius 3 is 1.37 bits per heavy atom. The van der Waals surface area contributed by atoms with Gasteiger partial charge in [-0.25, -0.2) is 0 Å². The third-order valence-electron chi connectivity index (χ3n) is 12.8. The molecule has 7 unspecified atom stereocenters. The molecule has 0 aromatic carbocycles. The van der Waals surface area contributed by atoms with Crippen molar-refractivity contribution < 1.29 is 39.8 Å². The fraction of sp³-hybridized carbons (Fsp3) is 0.776. The van der Waals surface area contributed by atoms with Gasteiger partial charge >= 0.3 is 0 Å². The highest BCUT2D eigenvalue weighted by Crippen LogP contribution is 2.23. The Bertz CT molecular complexity index is 1280. The molecule has 9 heteroatoms. The van der Waals surface area contributed by atoms with E-state index in [1.54, 1.807) is 6.08 Å². The van der Waals surface area contributed by atoms with Crippen molar-refractivity contribution in [1.29, 1.82) is 0 Å². The summed E-state index contributed by atoms with van der Waals surface area (Å²) in [6.07, 6.45) is 58.1. The summed E-state index contributed by atoms with van der Waals surface area (Å²) >= 11 is 0. The van der Waals surface area contributed by atoms with Crippen LogP contribution in [0.25, 0.3) is 0 Å². The van der Waals surface area contributed by atoms with Crippen LogP contribution in [0.4, 0.5) is 0 Å². The summed E-state index contributed by atoms with van der Waals surface area (Å²) in [5.74, 6) is -0.180. The number of aliphatic hydroxyl groups excluding tert-OH is 5. The molecule has 0 radical (unpaired) electrons. The highest BCUT2D eigenvalue weighted by Gasteiger charge is 2.44. The molecular formula is C58H103NO8. The van der Waals surface area contributed by atoms with Gasteiger partial charge in [0.2, 0.25) is 5.91 Å². The van der Waals surface area contributed by atoms with Crippen LogP contribution in [-0.2, 0) is 14.3 Å². The molecule has 0 aromatic rings. The topological polar surface area (TPSA) is 149 Å². The summed E-state index contributed by atoms with van der Waals surface area (Å²) in [7, 11) is 0. The van der Waals surface area contributed by atoms with Gasteiger partial charge < -0.3 is 40.3 Å². The van der Waals surface area contributed by atoms with E-state index in [-0.39, 0.29) is 12.5 Å². The Kier molecular flexibility index (Phi) is 44.2. The van der Waals surface area contributed by atoms with Crippen molar-refractivity contribution in [2.45, 2.75) is 275 Å². The van der Waals surface area contributed by atoms with E-state index in [1.807, 2.05) is 6.08 Å². The van der Waals surface area contributed by atoms with Crippen LogP contribution in [-0.4, -0.2) is 87.5 Å². The zero-order valence-corrected chi connectivity index (χ0v) is 42.9. The predicted octanol–water partition coefficient (Wildman–Crippen LogP) is 13.3. The van der Waals surface area contributed by atoms with Crippen molar-refractivity contribution in [1.82, 2.24) is 5.32 Å².